The minimum atomic E-state index is -4.55. The predicted molar refractivity (Wildman–Crippen MR) is 156 cm³/mol. The van der Waals surface area contributed by atoms with Crippen LogP contribution in [0.1, 0.15) is 52.9 Å². The molecule has 1 amide bonds. The molecule has 1 aliphatic rings. The van der Waals surface area contributed by atoms with E-state index in [9.17, 15) is 45.4 Å². The lowest BCUT2D eigenvalue weighted by Gasteiger charge is -2.45. The van der Waals surface area contributed by atoms with Gasteiger partial charge in [0, 0.05) is 11.3 Å². The molecule has 1 unspecified atom stereocenters. The molecule has 3 aromatic rings. The number of carbonyl (C=O) groups is 1. The molecule has 4 rings (SSSR count). The summed E-state index contributed by atoms with van der Waals surface area (Å²) in [5.41, 5.74) is -1.11. The Hall–Kier alpha value is -3.59. The van der Waals surface area contributed by atoms with Crippen LogP contribution in [-0.4, -0.2) is 62.7 Å². The highest BCUT2D eigenvalue weighted by Gasteiger charge is 2.40. The largest absolute Gasteiger partial charge is 0.416 e. The monoisotopic (exact) mass is 656 g/mol. The van der Waals surface area contributed by atoms with Gasteiger partial charge in [0.2, 0.25) is 0 Å². The predicted octanol–water partition coefficient (Wildman–Crippen LogP) is 5.06. The average Bonchev–Trinajstić information content (AvgIpc) is 3.02. The van der Waals surface area contributed by atoms with Gasteiger partial charge in [-0.3, -0.25) is 4.79 Å². The lowest BCUT2D eigenvalue weighted by atomic mass is 9.82. The van der Waals surface area contributed by atoms with Crippen LogP contribution in [0.5, 0.6) is 0 Å². The van der Waals surface area contributed by atoms with E-state index in [-0.39, 0.29) is 47.8 Å². The molecule has 0 spiro atoms. The van der Waals surface area contributed by atoms with Crippen molar-refractivity contribution >= 4 is 21.4 Å². The molecule has 244 valence electrons. The Kier molecular flexibility index (Phi) is 10.5. The molecule has 0 bridgehead atoms. The van der Waals surface area contributed by atoms with E-state index in [2.05, 4.69) is 10.1 Å². The van der Waals surface area contributed by atoms with E-state index < -0.39 is 58.4 Å². The van der Waals surface area contributed by atoms with E-state index in [1.165, 1.54) is 55.5 Å². The number of hydrogen-bond donors (Lipinski definition) is 3. The normalized spacial score (nSPS) is 19.8. The number of ether oxygens (including phenoxy) is 1. The van der Waals surface area contributed by atoms with E-state index in [1.807, 2.05) is 0 Å². The molecule has 45 heavy (non-hydrogen) atoms. The number of benzene rings is 3. The first kappa shape index (κ1) is 34.3. The van der Waals surface area contributed by atoms with Crippen LogP contribution in [0.2, 0.25) is 0 Å². The van der Waals surface area contributed by atoms with Crippen molar-refractivity contribution < 1.29 is 50.1 Å². The van der Waals surface area contributed by atoms with Crippen LogP contribution >= 0.6 is 0 Å². The van der Waals surface area contributed by atoms with Gasteiger partial charge >= 0.3 is 12.8 Å². The molecule has 1 heterocycles. The number of aliphatic hydroxyl groups is 2. The number of anilines is 1. The Balaban J connectivity index is 1.52. The topological polar surface area (TPSA) is 116 Å². The van der Waals surface area contributed by atoms with Crippen LogP contribution in [-0.2, 0) is 26.4 Å². The third kappa shape index (κ3) is 8.17. The van der Waals surface area contributed by atoms with Gasteiger partial charge in [-0.15, -0.1) is 0 Å². The summed E-state index contributed by atoms with van der Waals surface area (Å²) in [4.78, 5) is 14.8. The fourth-order valence-corrected chi connectivity index (χ4v) is 6.15. The quantitative estimate of drug-likeness (QED) is 0.247. The number of halogens is 5. The van der Waals surface area contributed by atoms with Crippen LogP contribution in [0.4, 0.5) is 27.6 Å². The van der Waals surface area contributed by atoms with Crippen LogP contribution < -0.4 is 10.2 Å². The molecular weight excluding hydrogens is 623 g/mol. The Labute approximate surface area is 257 Å². The molecule has 1 aliphatic heterocycles. The minimum Gasteiger partial charge on any atom is -0.394 e. The highest BCUT2D eigenvalue weighted by molar-refractivity contribution is 7.91. The van der Waals surface area contributed by atoms with Crippen molar-refractivity contribution in [3.63, 3.8) is 0 Å². The summed E-state index contributed by atoms with van der Waals surface area (Å²) in [6.45, 7) is -2.49. The third-order valence-corrected chi connectivity index (χ3v) is 9.65. The van der Waals surface area contributed by atoms with E-state index in [1.54, 1.807) is 17.0 Å². The summed E-state index contributed by atoms with van der Waals surface area (Å²) in [5.74, 6) is -0.628. The zero-order valence-corrected chi connectivity index (χ0v) is 25.0. The van der Waals surface area contributed by atoms with Crippen molar-refractivity contribution in [2.75, 3.05) is 30.4 Å². The molecular formula is C31H33F5N2O6S. The number of β-amino-alcohol motifs (C(OH)–C–C–N with tert-alkyl or cyclic N) is 1. The number of nitrogens with zero attached hydrogens (tertiary/aromatic N) is 1. The van der Waals surface area contributed by atoms with Gasteiger partial charge in [-0.05, 0) is 72.5 Å². The molecule has 3 aromatic carbocycles. The van der Waals surface area contributed by atoms with Crippen molar-refractivity contribution in [1.29, 1.82) is 0 Å². The van der Waals surface area contributed by atoms with Crippen molar-refractivity contribution in [3.8, 4) is 0 Å². The van der Waals surface area contributed by atoms with Gasteiger partial charge in [-0.25, -0.2) is 8.42 Å². The number of sulfone groups is 1. The van der Waals surface area contributed by atoms with Crippen molar-refractivity contribution in [2.24, 2.45) is 0 Å². The molecule has 0 radical (unpaired) electrons. The number of aliphatic hydroxyl groups excluding tert-OH is 1. The number of piperidine rings is 1. The zero-order chi connectivity index (χ0) is 33.0. The lowest BCUT2D eigenvalue weighted by Crippen LogP contribution is -2.53. The van der Waals surface area contributed by atoms with Gasteiger partial charge in [0.25, 0.3) is 5.91 Å². The molecule has 1 saturated heterocycles. The number of carbonyl (C=O) groups excluding carboxylic acids is 1. The summed E-state index contributed by atoms with van der Waals surface area (Å²) in [5, 5.41) is 24.1. The second-order valence-corrected chi connectivity index (χ2v) is 13.0. The fraction of sp³-hybridized carbons (Fsp3) is 0.387. The third-order valence-electron chi connectivity index (χ3n) is 7.90. The molecule has 8 nitrogen and oxygen atoms in total. The van der Waals surface area contributed by atoms with Gasteiger partial charge in [0.05, 0.1) is 48.1 Å². The minimum absolute atomic E-state index is 0.0751. The van der Waals surface area contributed by atoms with Crippen LogP contribution in [0.3, 0.4) is 0 Å². The van der Waals surface area contributed by atoms with Crippen LogP contribution in [0, 0.1) is 0 Å². The standard InChI is InChI=1S/C31H33F5N2O6S/c1-2-45(42,43)26-13-5-20(6-14-26)27(17-39)37-28(40)21-3-11-24(12-4-21)38-19-30(41,16-15-25(38)18-44-29(32)33)22-7-9-23(10-8-22)31(34,35)36/h3-14,25,27,29,39,41H,2,15-19H2,1H3,(H,37,40)/t25-,27-,30?/m0/s1. The van der Waals surface area contributed by atoms with Crippen LogP contribution in [0.15, 0.2) is 77.7 Å². The van der Waals surface area contributed by atoms with Crippen molar-refractivity contribution in [2.45, 2.75) is 55.1 Å². The van der Waals surface area contributed by atoms with Gasteiger partial charge in [-0.2, -0.15) is 22.0 Å². The molecule has 0 aliphatic carbocycles. The van der Waals surface area contributed by atoms with Gasteiger partial charge in [0.1, 0.15) is 5.60 Å². The Morgan fingerprint density at radius 1 is 1.04 bits per heavy atom. The van der Waals surface area contributed by atoms with Crippen molar-refractivity contribution in [1.82, 2.24) is 5.32 Å². The molecule has 3 atom stereocenters. The fourth-order valence-electron chi connectivity index (χ4n) is 5.27. The molecule has 1 fully saturated rings. The summed E-state index contributed by atoms with van der Waals surface area (Å²) >= 11 is 0. The SMILES string of the molecule is CCS(=O)(=O)c1ccc([C@H](CO)NC(=O)c2ccc(N3CC(O)(c4ccc(C(F)(F)F)cc4)CC[C@H]3COC(F)F)cc2)cc1. The summed E-state index contributed by atoms with van der Waals surface area (Å²) < 4.78 is 93.7. The average molecular weight is 657 g/mol. The first-order chi connectivity index (χ1) is 21.2. The second-order valence-electron chi connectivity index (χ2n) is 10.7. The Bertz CT molecular complexity index is 1550. The van der Waals surface area contributed by atoms with E-state index in [4.69, 9.17) is 0 Å². The molecule has 0 saturated carbocycles. The number of nitrogens with one attached hydrogen (secondary N) is 1. The van der Waals surface area contributed by atoms with E-state index in [0.29, 0.717) is 11.3 Å². The summed E-state index contributed by atoms with van der Waals surface area (Å²) in [7, 11) is -3.42. The number of hydrogen-bond acceptors (Lipinski definition) is 7. The molecule has 0 aromatic heterocycles. The van der Waals surface area contributed by atoms with Gasteiger partial charge in [-0.1, -0.05) is 31.2 Å². The second kappa shape index (κ2) is 13.8. The maximum atomic E-state index is 13.1. The van der Waals surface area contributed by atoms with Crippen molar-refractivity contribution in [3.05, 3.63) is 95.1 Å². The van der Waals surface area contributed by atoms with E-state index in [0.717, 1.165) is 12.1 Å². The number of alkyl halides is 5. The highest BCUT2D eigenvalue weighted by Crippen LogP contribution is 2.38. The first-order valence-electron chi connectivity index (χ1n) is 14.1. The van der Waals surface area contributed by atoms with Crippen LogP contribution in [0.25, 0.3) is 0 Å². The highest BCUT2D eigenvalue weighted by atomic mass is 32.2. The Morgan fingerprint density at radius 3 is 2.20 bits per heavy atom. The summed E-state index contributed by atoms with van der Waals surface area (Å²) in [6.07, 6.45) is -4.28. The maximum Gasteiger partial charge on any atom is 0.416 e. The number of amides is 1. The zero-order valence-electron chi connectivity index (χ0n) is 24.2. The van der Waals surface area contributed by atoms with Gasteiger partial charge in [0.15, 0.2) is 9.84 Å². The number of rotatable bonds is 11. The maximum absolute atomic E-state index is 13.1. The Morgan fingerprint density at radius 2 is 1.67 bits per heavy atom. The van der Waals surface area contributed by atoms with E-state index >= 15 is 0 Å². The molecule has 3 N–H and O–H groups in total. The van der Waals surface area contributed by atoms with Gasteiger partial charge < -0.3 is 25.2 Å². The smallest absolute Gasteiger partial charge is 0.394 e. The molecule has 14 heteroatoms. The summed E-state index contributed by atoms with van der Waals surface area (Å²) in [6, 6.07) is 14.5. The lowest BCUT2D eigenvalue weighted by molar-refractivity contribution is -0.138. The first-order valence-corrected chi connectivity index (χ1v) is 15.7.